The van der Waals surface area contributed by atoms with Crippen LogP contribution in [0.5, 0.6) is 0 Å². The van der Waals surface area contributed by atoms with Gasteiger partial charge < -0.3 is 14.8 Å². The summed E-state index contributed by atoms with van der Waals surface area (Å²) in [6.45, 7) is 1.38. The van der Waals surface area contributed by atoms with E-state index in [0.717, 1.165) is 23.1 Å². The molecule has 3 aromatic carbocycles. The third-order valence-electron chi connectivity index (χ3n) is 6.75. The van der Waals surface area contributed by atoms with Crippen LogP contribution in [0.4, 0.5) is 0 Å². The van der Waals surface area contributed by atoms with Crippen LogP contribution in [0.25, 0.3) is 0 Å². The number of thioether (sulfide) groups is 1. The van der Waals surface area contributed by atoms with Gasteiger partial charge in [-0.2, -0.15) is 0 Å². The summed E-state index contributed by atoms with van der Waals surface area (Å²) in [5.74, 6) is -1.08. The van der Waals surface area contributed by atoms with Crippen LogP contribution < -0.4 is 5.32 Å². The van der Waals surface area contributed by atoms with Crippen LogP contribution in [-0.4, -0.2) is 29.5 Å². The van der Waals surface area contributed by atoms with Crippen molar-refractivity contribution in [3.05, 3.63) is 120 Å². The van der Waals surface area contributed by atoms with E-state index in [1.54, 1.807) is 18.0 Å². The van der Waals surface area contributed by atoms with Gasteiger partial charge in [-0.3, -0.25) is 9.59 Å². The van der Waals surface area contributed by atoms with Gasteiger partial charge in [-0.25, -0.2) is 0 Å². The number of hydrogen-bond acceptors (Lipinski definition) is 5. The van der Waals surface area contributed by atoms with Crippen LogP contribution in [-0.2, 0) is 23.8 Å². The molecule has 0 aromatic heterocycles. The van der Waals surface area contributed by atoms with Crippen molar-refractivity contribution >= 4 is 23.6 Å². The van der Waals surface area contributed by atoms with E-state index in [1.807, 2.05) is 60.7 Å². The van der Waals surface area contributed by atoms with Crippen LogP contribution in [0.3, 0.4) is 0 Å². The lowest BCUT2D eigenvalue weighted by atomic mass is 9.84. The van der Waals surface area contributed by atoms with Crippen LogP contribution in [0, 0.1) is 5.92 Å². The zero-order chi connectivity index (χ0) is 25.0. The van der Waals surface area contributed by atoms with E-state index in [4.69, 9.17) is 9.47 Å². The monoisotopic (exact) mass is 499 g/mol. The summed E-state index contributed by atoms with van der Waals surface area (Å²) >= 11 is 1.67. The molecule has 5 nitrogen and oxygen atoms in total. The fourth-order valence-corrected chi connectivity index (χ4v) is 6.87. The average Bonchev–Trinajstić information content (AvgIpc) is 2.92. The zero-order valence-corrected chi connectivity index (χ0v) is 20.9. The first-order valence-electron chi connectivity index (χ1n) is 12.2. The number of ether oxygens (including phenoxy) is 2. The average molecular weight is 500 g/mol. The van der Waals surface area contributed by atoms with E-state index in [1.165, 1.54) is 6.92 Å². The maximum atomic E-state index is 13.0. The van der Waals surface area contributed by atoms with E-state index in [0.29, 0.717) is 6.42 Å². The first-order valence-corrected chi connectivity index (χ1v) is 13.1. The minimum absolute atomic E-state index is 0.125. The van der Waals surface area contributed by atoms with Gasteiger partial charge in [0.15, 0.2) is 6.10 Å². The van der Waals surface area contributed by atoms with Gasteiger partial charge in [-0.05, 0) is 35.6 Å². The van der Waals surface area contributed by atoms with Gasteiger partial charge >= 0.3 is 5.97 Å². The summed E-state index contributed by atoms with van der Waals surface area (Å²) in [4.78, 5) is 25.1. The Morgan fingerprint density at radius 3 is 1.89 bits per heavy atom. The molecule has 1 saturated heterocycles. The molecule has 4 unspecified atom stereocenters. The quantitative estimate of drug-likeness (QED) is 0.255. The van der Waals surface area contributed by atoms with E-state index in [9.17, 15) is 9.59 Å². The number of carbonyl (C=O) groups is 2. The van der Waals surface area contributed by atoms with Crippen molar-refractivity contribution in [2.24, 2.45) is 5.92 Å². The molecule has 1 fully saturated rings. The molecule has 2 aliphatic rings. The topological polar surface area (TPSA) is 64.6 Å². The molecule has 6 heteroatoms. The Bertz CT molecular complexity index is 1120. The highest BCUT2D eigenvalue weighted by Gasteiger charge is 2.54. The van der Waals surface area contributed by atoms with E-state index >= 15 is 0 Å². The summed E-state index contributed by atoms with van der Waals surface area (Å²) in [7, 11) is 0. The molecule has 2 heterocycles. The number of allylic oxidation sites excluding steroid dienone is 1. The van der Waals surface area contributed by atoms with Gasteiger partial charge in [0.25, 0.3) is 0 Å². The maximum absolute atomic E-state index is 13.0. The predicted molar refractivity (Wildman–Crippen MR) is 141 cm³/mol. The lowest BCUT2D eigenvalue weighted by molar-refractivity contribution is -0.166. The molecular weight excluding hydrogens is 470 g/mol. The second-order valence-corrected chi connectivity index (χ2v) is 10.4. The Balaban J connectivity index is 1.59. The van der Waals surface area contributed by atoms with Gasteiger partial charge in [0.1, 0.15) is 12.0 Å². The fourth-order valence-electron chi connectivity index (χ4n) is 5.07. The van der Waals surface area contributed by atoms with Crippen LogP contribution in [0.1, 0.15) is 36.5 Å². The number of nitrogens with one attached hydrogen (secondary N) is 1. The summed E-state index contributed by atoms with van der Waals surface area (Å²) in [5, 5.41) is 2.81. The fraction of sp³-hybridized carbons (Fsp3) is 0.267. The number of esters is 1. The summed E-state index contributed by atoms with van der Waals surface area (Å²) in [6, 6.07) is 31.0. The highest BCUT2D eigenvalue weighted by Crippen LogP contribution is 2.53. The van der Waals surface area contributed by atoms with Crippen LogP contribution >= 0.6 is 11.8 Å². The smallest absolute Gasteiger partial charge is 0.303 e. The SMILES string of the molecule is CC(=O)OC(C1CCC=CO1)C1C(=O)NC1SC(c1ccccc1)(c1ccccc1)c1ccccc1. The van der Waals surface area contributed by atoms with Gasteiger partial charge in [0.05, 0.1) is 16.4 Å². The number of β-lactam (4-membered cyclic amide) rings is 1. The van der Waals surface area contributed by atoms with Crippen molar-refractivity contribution in [3.8, 4) is 0 Å². The van der Waals surface area contributed by atoms with Crippen LogP contribution in [0.2, 0.25) is 0 Å². The Labute approximate surface area is 215 Å². The van der Waals surface area contributed by atoms with Crippen molar-refractivity contribution in [1.82, 2.24) is 5.32 Å². The number of rotatable bonds is 8. The zero-order valence-electron chi connectivity index (χ0n) is 20.1. The Kier molecular flexibility index (Phi) is 7.14. The predicted octanol–water partition coefficient (Wildman–Crippen LogP) is 5.41. The van der Waals surface area contributed by atoms with Gasteiger partial charge in [-0.15, -0.1) is 11.8 Å². The number of carbonyl (C=O) groups excluding carboxylic acids is 2. The number of hydrogen-bond donors (Lipinski definition) is 1. The summed E-state index contributed by atoms with van der Waals surface area (Å²) in [5.41, 5.74) is 3.31. The standard InChI is InChI=1S/C30H29NO4S/c1-21(32)35-27(25-19-11-12-20-34-25)26-28(33)31-29(26)36-30(22-13-5-2-6-14-22,23-15-7-3-8-16-23)24-17-9-4-10-18-24/h2-10,12-18,20,25-27,29H,11,19H2,1H3,(H,31,33). The minimum atomic E-state index is -0.668. The number of amides is 1. The molecule has 5 rings (SSSR count). The molecule has 4 atom stereocenters. The normalized spacial score (nSPS) is 22.0. The lowest BCUT2D eigenvalue weighted by Crippen LogP contribution is -2.64. The molecule has 0 spiro atoms. The molecule has 0 bridgehead atoms. The van der Waals surface area contributed by atoms with E-state index < -0.39 is 22.7 Å². The molecule has 2 aliphatic heterocycles. The van der Waals surface area contributed by atoms with Crippen molar-refractivity contribution in [3.63, 3.8) is 0 Å². The Hall–Kier alpha value is -3.51. The minimum Gasteiger partial charge on any atom is -0.494 e. The van der Waals surface area contributed by atoms with Crippen LogP contribution in [0.15, 0.2) is 103 Å². The summed E-state index contributed by atoms with van der Waals surface area (Å²) < 4.78 is 11.0. The molecule has 1 N–H and O–H groups in total. The summed E-state index contributed by atoms with van der Waals surface area (Å²) in [6.07, 6.45) is 4.06. The molecular formula is C30H29NO4S. The molecule has 1 amide bonds. The molecule has 184 valence electrons. The lowest BCUT2D eigenvalue weighted by Gasteiger charge is -2.47. The molecule has 0 radical (unpaired) electrons. The second kappa shape index (κ2) is 10.6. The number of benzene rings is 3. The van der Waals surface area contributed by atoms with Crippen molar-refractivity contribution in [2.75, 3.05) is 0 Å². The Morgan fingerprint density at radius 1 is 0.944 bits per heavy atom. The highest BCUT2D eigenvalue weighted by molar-refractivity contribution is 8.01. The molecule has 0 aliphatic carbocycles. The maximum Gasteiger partial charge on any atom is 0.303 e. The van der Waals surface area contributed by atoms with E-state index in [-0.39, 0.29) is 17.4 Å². The van der Waals surface area contributed by atoms with Gasteiger partial charge in [0.2, 0.25) is 5.91 Å². The van der Waals surface area contributed by atoms with Gasteiger partial charge in [-0.1, -0.05) is 91.0 Å². The third kappa shape index (κ3) is 4.65. The molecule has 3 aromatic rings. The third-order valence-corrected chi connectivity index (χ3v) is 8.47. The second-order valence-electron chi connectivity index (χ2n) is 9.05. The molecule has 36 heavy (non-hydrogen) atoms. The van der Waals surface area contributed by atoms with Crippen molar-refractivity contribution < 1.29 is 19.1 Å². The van der Waals surface area contributed by atoms with Crippen molar-refractivity contribution in [2.45, 2.75) is 42.1 Å². The first kappa shape index (κ1) is 24.2. The highest BCUT2D eigenvalue weighted by atomic mass is 32.2. The van der Waals surface area contributed by atoms with Gasteiger partial charge in [0, 0.05) is 6.92 Å². The first-order chi connectivity index (χ1) is 17.6. The molecule has 0 saturated carbocycles. The Morgan fingerprint density at radius 2 is 1.47 bits per heavy atom. The largest absolute Gasteiger partial charge is 0.494 e. The van der Waals surface area contributed by atoms with E-state index in [2.05, 4.69) is 41.7 Å². The van der Waals surface area contributed by atoms with Crippen molar-refractivity contribution in [1.29, 1.82) is 0 Å².